The molecule has 0 fully saturated rings. The maximum atomic E-state index is 5.63. The standard InChI is InChI=1S/C20H19N5O3/c1-14(17-10-11-27-23-17)25(2)19-9-8-15(12-21-19)20-22-18(24-28-20)13-26-16-6-4-3-5-7-16/h3-12,14H,13H2,1-2H3/t14-/m0/s1. The molecule has 0 radical (unpaired) electrons. The number of para-hydroxylation sites is 1. The molecule has 0 spiro atoms. The summed E-state index contributed by atoms with van der Waals surface area (Å²) in [5.41, 5.74) is 1.58. The Bertz CT molecular complexity index is 1000. The summed E-state index contributed by atoms with van der Waals surface area (Å²) in [7, 11) is 1.95. The van der Waals surface area contributed by atoms with E-state index in [9.17, 15) is 0 Å². The van der Waals surface area contributed by atoms with Gasteiger partial charge in [-0.15, -0.1) is 0 Å². The molecular weight excluding hydrogens is 358 g/mol. The summed E-state index contributed by atoms with van der Waals surface area (Å²) in [4.78, 5) is 10.9. The average molecular weight is 377 g/mol. The monoisotopic (exact) mass is 377 g/mol. The van der Waals surface area contributed by atoms with Gasteiger partial charge < -0.3 is 18.7 Å². The molecule has 0 unspecified atom stereocenters. The van der Waals surface area contributed by atoms with Crippen molar-refractivity contribution in [2.45, 2.75) is 19.6 Å². The zero-order chi connectivity index (χ0) is 19.3. The summed E-state index contributed by atoms with van der Waals surface area (Å²) in [6, 6.07) is 15.2. The van der Waals surface area contributed by atoms with Crippen molar-refractivity contribution < 1.29 is 13.8 Å². The molecule has 3 heterocycles. The predicted octanol–water partition coefficient (Wildman–Crippen LogP) is 3.90. The quantitative estimate of drug-likeness (QED) is 0.479. The van der Waals surface area contributed by atoms with Gasteiger partial charge in [-0.1, -0.05) is 28.5 Å². The van der Waals surface area contributed by atoms with Gasteiger partial charge in [0.05, 0.1) is 11.6 Å². The maximum absolute atomic E-state index is 5.63. The molecule has 0 saturated heterocycles. The molecule has 0 aliphatic heterocycles. The molecule has 8 nitrogen and oxygen atoms in total. The van der Waals surface area contributed by atoms with Crippen LogP contribution >= 0.6 is 0 Å². The number of benzene rings is 1. The van der Waals surface area contributed by atoms with E-state index in [-0.39, 0.29) is 12.6 Å². The molecule has 0 amide bonds. The van der Waals surface area contributed by atoms with Crippen LogP contribution < -0.4 is 9.64 Å². The molecule has 4 rings (SSSR count). The zero-order valence-corrected chi connectivity index (χ0v) is 15.5. The Hall–Kier alpha value is -3.68. The smallest absolute Gasteiger partial charge is 0.259 e. The van der Waals surface area contributed by atoms with Crippen LogP contribution in [0.25, 0.3) is 11.5 Å². The fourth-order valence-electron chi connectivity index (χ4n) is 2.65. The summed E-state index contributed by atoms with van der Waals surface area (Å²) >= 11 is 0. The van der Waals surface area contributed by atoms with E-state index in [1.807, 2.05) is 67.4 Å². The van der Waals surface area contributed by atoms with Crippen LogP contribution in [0.2, 0.25) is 0 Å². The Kier molecular flexibility index (Phi) is 5.01. The number of rotatable bonds is 7. The minimum Gasteiger partial charge on any atom is -0.485 e. The third kappa shape index (κ3) is 3.85. The second kappa shape index (κ2) is 7.91. The van der Waals surface area contributed by atoms with E-state index in [0.29, 0.717) is 11.7 Å². The Morgan fingerprint density at radius 1 is 1.07 bits per heavy atom. The molecule has 0 bridgehead atoms. The molecule has 8 heteroatoms. The van der Waals surface area contributed by atoms with Gasteiger partial charge in [-0.3, -0.25) is 0 Å². The highest BCUT2D eigenvalue weighted by molar-refractivity contribution is 5.54. The lowest BCUT2D eigenvalue weighted by Gasteiger charge is -2.24. The van der Waals surface area contributed by atoms with Crippen LogP contribution in [0.1, 0.15) is 24.5 Å². The Balaban J connectivity index is 1.42. The van der Waals surface area contributed by atoms with Crippen molar-refractivity contribution >= 4 is 5.82 Å². The van der Waals surface area contributed by atoms with E-state index in [0.717, 1.165) is 22.8 Å². The summed E-state index contributed by atoms with van der Waals surface area (Å²) < 4.78 is 15.9. The van der Waals surface area contributed by atoms with Crippen LogP contribution in [0.5, 0.6) is 5.75 Å². The molecule has 0 N–H and O–H groups in total. The number of anilines is 1. The average Bonchev–Trinajstić information content (AvgIpc) is 3.44. The maximum Gasteiger partial charge on any atom is 0.259 e. The lowest BCUT2D eigenvalue weighted by Crippen LogP contribution is -2.22. The number of hydrogen-bond donors (Lipinski definition) is 0. The van der Waals surface area contributed by atoms with Crippen molar-refractivity contribution in [2.24, 2.45) is 0 Å². The van der Waals surface area contributed by atoms with Crippen LogP contribution in [0.15, 0.2) is 70.0 Å². The molecule has 0 saturated carbocycles. The molecule has 0 aliphatic rings. The topological polar surface area (TPSA) is 90.3 Å². The lowest BCUT2D eigenvalue weighted by atomic mass is 10.2. The third-order valence-electron chi connectivity index (χ3n) is 4.40. The first kappa shape index (κ1) is 17.7. The van der Waals surface area contributed by atoms with Crippen LogP contribution in [-0.4, -0.2) is 27.3 Å². The third-order valence-corrected chi connectivity index (χ3v) is 4.40. The van der Waals surface area contributed by atoms with Gasteiger partial charge in [0, 0.05) is 19.3 Å². The van der Waals surface area contributed by atoms with Gasteiger partial charge >= 0.3 is 0 Å². The molecule has 3 aromatic heterocycles. The van der Waals surface area contributed by atoms with Gasteiger partial charge in [0.2, 0.25) is 5.82 Å². The van der Waals surface area contributed by atoms with Crippen molar-refractivity contribution in [1.29, 1.82) is 0 Å². The van der Waals surface area contributed by atoms with Crippen molar-refractivity contribution in [3.63, 3.8) is 0 Å². The number of nitrogens with zero attached hydrogens (tertiary/aromatic N) is 5. The highest BCUT2D eigenvalue weighted by Gasteiger charge is 2.17. The largest absolute Gasteiger partial charge is 0.485 e. The first-order valence-corrected chi connectivity index (χ1v) is 8.80. The van der Waals surface area contributed by atoms with Crippen molar-refractivity contribution in [3.05, 3.63) is 72.5 Å². The van der Waals surface area contributed by atoms with E-state index >= 15 is 0 Å². The number of ether oxygens (including phenoxy) is 1. The Morgan fingerprint density at radius 2 is 1.93 bits per heavy atom. The van der Waals surface area contributed by atoms with Gasteiger partial charge in [0.25, 0.3) is 5.89 Å². The molecule has 142 valence electrons. The summed E-state index contributed by atoms with van der Waals surface area (Å²) in [5, 5.41) is 7.94. The minimum absolute atomic E-state index is 0.0299. The molecule has 1 atom stereocenters. The lowest BCUT2D eigenvalue weighted by molar-refractivity contribution is 0.287. The van der Waals surface area contributed by atoms with Gasteiger partial charge in [0.1, 0.15) is 23.5 Å². The summed E-state index contributed by atoms with van der Waals surface area (Å²) in [6.45, 7) is 2.27. The van der Waals surface area contributed by atoms with E-state index < -0.39 is 0 Å². The number of pyridine rings is 1. The predicted molar refractivity (Wildman–Crippen MR) is 102 cm³/mol. The molecule has 1 aromatic carbocycles. The first-order valence-electron chi connectivity index (χ1n) is 8.80. The van der Waals surface area contributed by atoms with Crippen LogP contribution in [0.3, 0.4) is 0 Å². The van der Waals surface area contributed by atoms with Crippen molar-refractivity contribution in [3.8, 4) is 17.2 Å². The van der Waals surface area contributed by atoms with Gasteiger partial charge in [-0.05, 0) is 31.2 Å². The number of aromatic nitrogens is 4. The highest BCUT2D eigenvalue weighted by atomic mass is 16.5. The fourth-order valence-corrected chi connectivity index (χ4v) is 2.65. The van der Waals surface area contributed by atoms with E-state index in [2.05, 4.69) is 20.3 Å². The first-order chi connectivity index (χ1) is 13.7. The minimum atomic E-state index is 0.0299. The summed E-state index contributed by atoms with van der Waals surface area (Å²) in [6.07, 6.45) is 3.27. The molecule has 0 aliphatic carbocycles. The second-order valence-electron chi connectivity index (χ2n) is 6.23. The van der Waals surface area contributed by atoms with Crippen LogP contribution in [-0.2, 0) is 6.61 Å². The van der Waals surface area contributed by atoms with Crippen LogP contribution in [0, 0.1) is 0 Å². The fraction of sp³-hybridized carbons (Fsp3) is 0.200. The SMILES string of the molecule is C[C@@H](c1ccon1)N(C)c1ccc(-c2nc(COc3ccccc3)no2)cn1. The van der Waals surface area contributed by atoms with Crippen LogP contribution in [0.4, 0.5) is 5.82 Å². The second-order valence-corrected chi connectivity index (χ2v) is 6.23. The van der Waals surface area contributed by atoms with Gasteiger partial charge in [-0.25, -0.2) is 4.98 Å². The normalized spacial score (nSPS) is 11.9. The Labute approximate surface area is 161 Å². The van der Waals surface area contributed by atoms with Crippen molar-refractivity contribution in [1.82, 2.24) is 20.3 Å². The van der Waals surface area contributed by atoms with E-state index in [1.54, 1.807) is 12.5 Å². The van der Waals surface area contributed by atoms with Gasteiger partial charge in [0.15, 0.2) is 6.61 Å². The van der Waals surface area contributed by atoms with E-state index in [1.165, 1.54) is 0 Å². The number of hydrogen-bond acceptors (Lipinski definition) is 8. The van der Waals surface area contributed by atoms with E-state index in [4.69, 9.17) is 13.8 Å². The van der Waals surface area contributed by atoms with Gasteiger partial charge in [-0.2, -0.15) is 4.98 Å². The zero-order valence-electron chi connectivity index (χ0n) is 15.5. The highest BCUT2D eigenvalue weighted by Crippen LogP contribution is 2.25. The van der Waals surface area contributed by atoms with Crippen molar-refractivity contribution in [2.75, 3.05) is 11.9 Å². The summed E-state index contributed by atoms with van der Waals surface area (Å²) in [5.74, 6) is 2.42. The Morgan fingerprint density at radius 3 is 2.64 bits per heavy atom. The molecule has 28 heavy (non-hydrogen) atoms. The molecule has 4 aromatic rings. The molecular formula is C20H19N5O3.